The fraction of sp³-hybridized carbons (Fsp3) is 0.462. The third-order valence-corrected chi connectivity index (χ3v) is 2.82. The van der Waals surface area contributed by atoms with Crippen molar-refractivity contribution in [1.29, 1.82) is 0 Å². The highest BCUT2D eigenvalue weighted by Gasteiger charge is 2.18. The van der Waals surface area contributed by atoms with Crippen LogP contribution < -0.4 is 9.47 Å². The Labute approximate surface area is 95.4 Å². The summed E-state index contributed by atoms with van der Waals surface area (Å²) in [5.41, 5.74) is 0.995. The number of aldehydes is 1. The number of benzene rings is 1. The molecule has 2 rings (SSSR count). The van der Waals surface area contributed by atoms with E-state index in [4.69, 9.17) is 9.47 Å². The largest absolute Gasteiger partial charge is 0.486 e. The zero-order valence-electron chi connectivity index (χ0n) is 9.60. The third kappa shape index (κ3) is 2.03. The predicted molar refractivity (Wildman–Crippen MR) is 61.1 cm³/mol. The van der Waals surface area contributed by atoms with Crippen molar-refractivity contribution in [2.24, 2.45) is 5.92 Å². The van der Waals surface area contributed by atoms with Gasteiger partial charge < -0.3 is 14.3 Å². The van der Waals surface area contributed by atoms with Crippen LogP contribution in [0.4, 0.5) is 0 Å². The first-order valence-electron chi connectivity index (χ1n) is 5.57. The molecule has 0 fully saturated rings. The Hall–Kier alpha value is -1.51. The van der Waals surface area contributed by atoms with Crippen LogP contribution in [-0.4, -0.2) is 19.5 Å². The van der Waals surface area contributed by atoms with Crippen molar-refractivity contribution >= 4 is 6.29 Å². The van der Waals surface area contributed by atoms with E-state index >= 15 is 0 Å². The second-order valence-corrected chi connectivity index (χ2v) is 4.31. The van der Waals surface area contributed by atoms with Gasteiger partial charge in [-0.1, -0.05) is 19.9 Å². The van der Waals surface area contributed by atoms with Crippen molar-refractivity contribution < 1.29 is 14.3 Å². The van der Waals surface area contributed by atoms with E-state index in [9.17, 15) is 4.79 Å². The second-order valence-electron chi connectivity index (χ2n) is 4.31. The van der Waals surface area contributed by atoms with Gasteiger partial charge in [0.05, 0.1) is 0 Å². The van der Waals surface area contributed by atoms with Crippen molar-refractivity contribution in [2.75, 3.05) is 13.2 Å². The van der Waals surface area contributed by atoms with Crippen LogP contribution in [0.1, 0.15) is 25.3 Å². The summed E-state index contributed by atoms with van der Waals surface area (Å²) in [6, 6.07) is 5.73. The van der Waals surface area contributed by atoms with Gasteiger partial charge in [-0.25, -0.2) is 0 Å². The van der Waals surface area contributed by atoms with Crippen molar-refractivity contribution in [1.82, 2.24) is 0 Å². The van der Waals surface area contributed by atoms with Gasteiger partial charge in [-0.3, -0.25) is 0 Å². The summed E-state index contributed by atoms with van der Waals surface area (Å²) in [5.74, 6) is 1.73. The first-order valence-corrected chi connectivity index (χ1v) is 5.57. The van der Waals surface area contributed by atoms with Gasteiger partial charge in [-0.15, -0.1) is 0 Å². The Balaban J connectivity index is 2.32. The Kier molecular flexibility index (Phi) is 3.13. The maximum absolute atomic E-state index is 11.0. The molecule has 0 saturated carbocycles. The van der Waals surface area contributed by atoms with Gasteiger partial charge in [-0.05, 0) is 23.6 Å². The molecule has 0 aromatic heterocycles. The molecular weight excluding hydrogens is 204 g/mol. The van der Waals surface area contributed by atoms with Crippen molar-refractivity contribution in [3.63, 3.8) is 0 Å². The smallest absolute Gasteiger partial charge is 0.161 e. The number of hydrogen-bond acceptors (Lipinski definition) is 3. The van der Waals surface area contributed by atoms with Crippen LogP contribution in [0, 0.1) is 5.92 Å². The molecule has 0 radical (unpaired) electrons. The van der Waals surface area contributed by atoms with Gasteiger partial charge >= 0.3 is 0 Å². The molecule has 1 heterocycles. The van der Waals surface area contributed by atoms with Crippen LogP contribution in [0.3, 0.4) is 0 Å². The van der Waals surface area contributed by atoms with E-state index in [1.807, 2.05) is 32.0 Å². The highest BCUT2D eigenvalue weighted by atomic mass is 16.6. The first kappa shape index (κ1) is 11.0. The molecule has 0 N–H and O–H groups in total. The molecule has 3 heteroatoms. The molecule has 1 aromatic carbocycles. The van der Waals surface area contributed by atoms with Crippen LogP contribution in [0.15, 0.2) is 18.2 Å². The highest BCUT2D eigenvalue weighted by molar-refractivity contribution is 5.64. The molecule has 0 aliphatic carbocycles. The summed E-state index contributed by atoms with van der Waals surface area (Å²) >= 11 is 0. The minimum absolute atomic E-state index is 0.0733. The maximum Gasteiger partial charge on any atom is 0.161 e. The number of hydrogen-bond donors (Lipinski definition) is 0. The van der Waals surface area contributed by atoms with Crippen LogP contribution in [0.5, 0.6) is 11.5 Å². The summed E-state index contributed by atoms with van der Waals surface area (Å²) in [6.07, 6.45) is 0.996. The molecule has 0 saturated heterocycles. The molecular formula is C13H16O3. The number of fused-ring (bicyclic) bond motifs is 1. The molecule has 0 bridgehead atoms. The molecule has 1 aliphatic rings. The molecule has 1 atom stereocenters. The van der Waals surface area contributed by atoms with Crippen LogP contribution in [0.2, 0.25) is 0 Å². The number of rotatable bonds is 3. The summed E-state index contributed by atoms with van der Waals surface area (Å²) < 4.78 is 10.9. The van der Waals surface area contributed by atoms with Gasteiger partial charge in [0.1, 0.15) is 19.5 Å². The maximum atomic E-state index is 11.0. The number of carbonyl (C=O) groups excluding carboxylic acids is 1. The zero-order chi connectivity index (χ0) is 11.5. The van der Waals surface area contributed by atoms with E-state index in [0.29, 0.717) is 19.1 Å². The fourth-order valence-corrected chi connectivity index (χ4v) is 1.89. The number of ether oxygens (including phenoxy) is 2. The Bertz CT molecular complexity index is 385. The average Bonchev–Trinajstić information content (AvgIpc) is 2.29. The molecule has 0 spiro atoms. The summed E-state index contributed by atoms with van der Waals surface area (Å²) in [4.78, 5) is 11.0. The molecule has 0 amide bonds. The van der Waals surface area contributed by atoms with Crippen molar-refractivity contribution in [2.45, 2.75) is 19.8 Å². The van der Waals surface area contributed by atoms with Gasteiger partial charge in [0, 0.05) is 5.92 Å². The standard InChI is InChI=1S/C13H16O3/c1-9(2)11(8-14)10-3-4-12-13(7-10)16-6-5-15-12/h3-4,7-9,11H,5-6H2,1-2H3. The van der Waals surface area contributed by atoms with E-state index in [1.165, 1.54) is 0 Å². The van der Waals surface area contributed by atoms with Crippen LogP contribution in [0.25, 0.3) is 0 Å². The fourth-order valence-electron chi connectivity index (χ4n) is 1.89. The zero-order valence-corrected chi connectivity index (χ0v) is 9.60. The van der Waals surface area contributed by atoms with E-state index in [1.54, 1.807) is 0 Å². The summed E-state index contributed by atoms with van der Waals surface area (Å²) in [6.45, 7) is 5.24. The molecule has 16 heavy (non-hydrogen) atoms. The summed E-state index contributed by atoms with van der Waals surface area (Å²) in [5, 5.41) is 0. The van der Waals surface area contributed by atoms with E-state index in [2.05, 4.69) is 0 Å². The lowest BCUT2D eigenvalue weighted by atomic mass is 9.89. The lowest BCUT2D eigenvalue weighted by Gasteiger charge is -2.21. The van der Waals surface area contributed by atoms with Gasteiger partial charge in [0.15, 0.2) is 11.5 Å². The predicted octanol–water partition coefficient (Wildman–Crippen LogP) is 2.40. The quantitative estimate of drug-likeness (QED) is 0.734. The third-order valence-electron chi connectivity index (χ3n) is 2.82. The van der Waals surface area contributed by atoms with E-state index in [-0.39, 0.29) is 5.92 Å². The highest BCUT2D eigenvalue weighted by Crippen LogP contribution is 2.34. The van der Waals surface area contributed by atoms with Crippen molar-refractivity contribution in [3.05, 3.63) is 23.8 Å². The molecule has 86 valence electrons. The topological polar surface area (TPSA) is 35.5 Å². The van der Waals surface area contributed by atoms with Crippen LogP contribution >= 0.6 is 0 Å². The Morgan fingerprint density at radius 3 is 2.50 bits per heavy atom. The molecule has 3 nitrogen and oxygen atoms in total. The van der Waals surface area contributed by atoms with Gasteiger partial charge in [0.25, 0.3) is 0 Å². The minimum Gasteiger partial charge on any atom is -0.486 e. The van der Waals surface area contributed by atoms with E-state index < -0.39 is 0 Å². The minimum atomic E-state index is -0.0733. The first-order chi connectivity index (χ1) is 7.72. The number of carbonyl (C=O) groups is 1. The molecule has 1 aliphatic heterocycles. The van der Waals surface area contributed by atoms with Crippen molar-refractivity contribution in [3.8, 4) is 11.5 Å². The molecule has 1 unspecified atom stereocenters. The second kappa shape index (κ2) is 4.56. The van der Waals surface area contributed by atoms with E-state index in [0.717, 1.165) is 23.3 Å². The lowest BCUT2D eigenvalue weighted by Crippen LogP contribution is -2.16. The van der Waals surface area contributed by atoms with Gasteiger partial charge in [-0.2, -0.15) is 0 Å². The summed E-state index contributed by atoms with van der Waals surface area (Å²) in [7, 11) is 0. The average molecular weight is 220 g/mol. The van der Waals surface area contributed by atoms with Crippen LogP contribution in [-0.2, 0) is 4.79 Å². The monoisotopic (exact) mass is 220 g/mol. The Morgan fingerprint density at radius 2 is 1.88 bits per heavy atom. The van der Waals surface area contributed by atoms with Gasteiger partial charge in [0.2, 0.25) is 0 Å². The lowest BCUT2D eigenvalue weighted by molar-refractivity contribution is -0.109. The normalized spacial score (nSPS) is 15.9. The Morgan fingerprint density at radius 1 is 1.19 bits per heavy atom. The SMILES string of the molecule is CC(C)C(C=O)c1ccc2c(c1)OCCO2. The molecule has 1 aromatic rings.